The normalized spacial score (nSPS) is 18.7. The van der Waals surface area contributed by atoms with E-state index in [0.717, 1.165) is 13.0 Å². The van der Waals surface area contributed by atoms with Gasteiger partial charge in [0.05, 0.1) is 21.3 Å². The second-order valence-corrected chi connectivity index (χ2v) is 6.72. The lowest BCUT2D eigenvalue weighted by molar-refractivity contribution is 0.0928. The van der Waals surface area contributed by atoms with Crippen LogP contribution in [0, 0.1) is 5.41 Å². The highest BCUT2D eigenvalue weighted by Gasteiger charge is 2.32. The van der Waals surface area contributed by atoms with Gasteiger partial charge in [-0.05, 0) is 36.9 Å². The lowest BCUT2D eigenvalue weighted by Gasteiger charge is -2.39. The molecule has 0 saturated carbocycles. The Labute approximate surface area is 156 Å². The molecule has 7 heteroatoms. The van der Waals surface area contributed by atoms with Crippen molar-refractivity contribution >= 4 is 18.3 Å². The van der Waals surface area contributed by atoms with Crippen molar-refractivity contribution in [3.8, 4) is 17.2 Å². The van der Waals surface area contributed by atoms with Gasteiger partial charge in [-0.25, -0.2) is 0 Å². The summed E-state index contributed by atoms with van der Waals surface area (Å²) in [5, 5.41) is 6.51. The zero-order valence-corrected chi connectivity index (χ0v) is 16.4. The molecule has 1 heterocycles. The lowest BCUT2D eigenvalue weighted by Crippen LogP contribution is -2.52. The Morgan fingerprint density at radius 3 is 2.28 bits per heavy atom. The van der Waals surface area contributed by atoms with E-state index in [0.29, 0.717) is 29.4 Å². The van der Waals surface area contributed by atoms with Crippen LogP contribution in [0.5, 0.6) is 17.2 Å². The van der Waals surface area contributed by atoms with Gasteiger partial charge in [-0.2, -0.15) is 0 Å². The monoisotopic (exact) mass is 372 g/mol. The van der Waals surface area contributed by atoms with Crippen molar-refractivity contribution in [1.82, 2.24) is 10.6 Å². The number of hydrogen-bond donors (Lipinski definition) is 2. The van der Waals surface area contributed by atoms with Crippen LogP contribution in [0.1, 0.15) is 37.0 Å². The van der Waals surface area contributed by atoms with Crippen molar-refractivity contribution in [1.29, 1.82) is 0 Å². The molecule has 1 aliphatic rings. The number of carbonyl (C=O) groups is 1. The standard InChI is InChI=1S/C18H28N2O4.ClH/c1-18(2)7-6-8-19-15(18)11-20-17(21)12-9-13(22-3)16(24-5)14(10-12)23-4;/h9-10,15,19H,6-8,11H2,1-5H3,(H,20,21);1H. The topological polar surface area (TPSA) is 68.8 Å². The summed E-state index contributed by atoms with van der Waals surface area (Å²) in [5.74, 6) is 1.26. The maximum Gasteiger partial charge on any atom is 0.251 e. The van der Waals surface area contributed by atoms with Crippen molar-refractivity contribution < 1.29 is 19.0 Å². The van der Waals surface area contributed by atoms with Crippen LogP contribution < -0.4 is 24.8 Å². The second kappa shape index (κ2) is 9.15. The zero-order chi connectivity index (χ0) is 17.7. The predicted molar refractivity (Wildman–Crippen MR) is 100 cm³/mol. The summed E-state index contributed by atoms with van der Waals surface area (Å²) in [6.45, 7) is 6.04. The maximum atomic E-state index is 12.5. The summed E-state index contributed by atoms with van der Waals surface area (Å²) < 4.78 is 15.9. The van der Waals surface area contributed by atoms with E-state index < -0.39 is 0 Å². The first-order valence-electron chi connectivity index (χ1n) is 8.24. The first-order chi connectivity index (χ1) is 11.4. The molecular weight excluding hydrogens is 344 g/mol. The molecule has 1 aliphatic heterocycles. The molecule has 1 unspecified atom stereocenters. The van der Waals surface area contributed by atoms with Gasteiger partial charge in [-0.3, -0.25) is 4.79 Å². The third-order valence-electron chi connectivity index (χ3n) is 4.73. The van der Waals surface area contributed by atoms with E-state index in [1.165, 1.54) is 27.8 Å². The molecule has 0 bridgehead atoms. The summed E-state index contributed by atoms with van der Waals surface area (Å²) in [5.41, 5.74) is 0.652. The van der Waals surface area contributed by atoms with Crippen LogP contribution in [0.4, 0.5) is 0 Å². The Hall–Kier alpha value is -1.66. The molecule has 0 spiro atoms. The number of benzene rings is 1. The second-order valence-electron chi connectivity index (χ2n) is 6.72. The average Bonchev–Trinajstić information content (AvgIpc) is 2.58. The highest BCUT2D eigenvalue weighted by molar-refractivity contribution is 5.95. The molecule has 6 nitrogen and oxygen atoms in total. The number of ether oxygens (including phenoxy) is 3. The molecule has 25 heavy (non-hydrogen) atoms. The quantitative estimate of drug-likeness (QED) is 0.803. The molecule has 0 aliphatic carbocycles. The van der Waals surface area contributed by atoms with Crippen LogP contribution in [0.3, 0.4) is 0 Å². The predicted octanol–water partition coefficient (Wildman–Crippen LogP) is 2.64. The van der Waals surface area contributed by atoms with Crippen molar-refractivity contribution in [3.63, 3.8) is 0 Å². The molecule has 2 rings (SSSR count). The van der Waals surface area contributed by atoms with Gasteiger partial charge in [0.25, 0.3) is 5.91 Å². The molecule has 2 N–H and O–H groups in total. The zero-order valence-electron chi connectivity index (χ0n) is 15.6. The SMILES string of the molecule is COc1cc(C(=O)NCC2NCCCC2(C)C)cc(OC)c1OC.Cl. The van der Waals surface area contributed by atoms with Gasteiger partial charge in [-0.15, -0.1) is 12.4 Å². The molecule has 0 aromatic heterocycles. The highest BCUT2D eigenvalue weighted by atomic mass is 35.5. The van der Waals surface area contributed by atoms with Crippen LogP contribution in [0.25, 0.3) is 0 Å². The van der Waals surface area contributed by atoms with E-state index in [1.54, 1.807) is 12.1 Å². The van der Waals surface area contributed by atoms with Crippen molar-refractivity contribution in [2.45, 2.75) is 32.7 Å². The number of amides is 1. The largest absolute Gasteiger partial charge is 0.493 e. The van der Waals surface area contributed by atoms with E-state index in [9.17, 15) is 4.79 Å². The minimum atomic E-state index is -0.155. The Kier molecular flexibility index (Phi) is 7.83. The lowest BCUT2D eigenvalue weighted by atomic mass is 9.77. The summed E-state index contributed by atoms with van der Waals surface area (Å²) in [7, 11) is 4.61. The fraction of sp³-hybridized carbons (Fsp3) is 0.611. The molecule has 1 fully saturated rings. The van der Waals surface area contributed by atoms with E-state index in [-0.39, 0.29) is 29.8 Å². The molecule has 0 radical (unpaired) electrons. The molecule has 1 amide bonds. The molecular formula is C18H29ClN2O4. The summed E-state index contributed by atoms with van der Waals surface area (Å²) >= 11 is 0. The molecule has 1 aromatic rings. The van der Waals surface area contributed by atoms with Gasteiger partial charge in [0.2, 0.25) is 5.75 Å². The van der Waals surface area contributed by atoms with Gasteiger partial charge < -0.3 is 24.8 Å². The summed E-state index contributed by atoms with van der Waals surface area (Å²) in [6, 6.07) is 3.59. The van der Waals surface area contributed by atoms with Crippen LogP contribution in [-0.2, 0) is 0 Å². The van der Waals surface area contributed by atoms with Gasteiger partial charge in [0, 0.05) is 18.2 Å². The van der Waals surface area contributed by atoms with E-state index in [2.05, 4.69) is 24.5 Å². The highest BCUT2D eigenvalue weighted by Crippen LogP contribution is 2.38. The fourth-order valence-electron chi connectivity index (χ4n) is 3.13. The molecule has 1 saturated heterocycles. The number of halogens is 1. The summed E-state index contributed by atoms with van der Waals surface area (Å²) in [6.07, 6.45) is 2.33. The fourth-order valence-corrected chi connectivity index (χ4v) is 3.13. The van der Waals surface area contributed by atoms with Crippen molar-refractivity contribution in [2.75, 3.05) is 34.4 Å². The maximum absolute atomic E-state index is 12.5. The van der Waals surface area contributed by atoms with Gasteiger partial charge in [-0.1, -0.05) is 13.8 Å². The van der Waals surface area contributed by atoms with Crippen molar-refractivity contribution in [3.05, 3.63) is 17.7 Å². The Morgan fingerprint density at radius 1 is 1.20 bits per heavy atom. The molecule has 1 aromatic carbocycles. The minimum absolute atomic E-state index is 0. The van der Waals surface area contributed by atoms with Crippen LogP contribution >= 0.6 is 12.4 Å². The third kappa shape index (κ3) is 4.92. The number of nitrogens with one attached hydrogen (secondary N) is 2. The van der Waals surface area contributed by atoms with Crippen molar-refractivity contribution in [2.24, 2.45) is 5.41 Å². The van der Waals surface area contributed by atoms with E-state index >= 15 is 0 Å². The average molecular weight is 373 g/mol. The number of carbonyl (C=O) groups excluding carboxylic acids is 1. The third-order valence-corrected chi connectivity index (χ3v) is 4.73. The smallest absolute Gasteiger partial charge is 0.251 e. The first kappa shape index (κ1) is 21.4. The van der Waals surface area contributed by atoms with Gasteiger partial charge >= 0.3 is 0 Å². The van der Waals surface area contributed by atoms with E-state index in [4.69, 9.17) is 14.2 Å². The van der Waals surface area contributed by atoms with Gasteiger partial charge in [0.15, 0.2) is 11.5 Å². The minimum Gasteiger partial charge on any atom is -0.493 e. The summed E-state index contributed by atoms with van der Waals surface area (Å²) in [4.78, 5) is 12.5. The Morgan fingerprint density at radius 2 is 1.80 bits per heavy atom. The Balaban J connectivity index is 0.00000312. The van der Waals surface area contributed by atoms with E-state index in [1.807, 2.05) is 0 Å². The Bertz CT molecular complexity index is 567. The molecule has 142 valence electrons. The van der Waals surface area contributed by atoms with Gasteiger partial charge in [0.1, 0.15) is 0 Å². The number of rotatable bonds is 6. The van der Waals surface area contributed by atoms with Crippen LogP contribution in [-0.4, -0.2) is 46.4 Å². The number of methoxy groups -OCH3 is 3. The number of piperidine rings is 1. The van der Waals surface area contributed by atoms with Crippen LogP contribution in [0.15, 0.2) is 12.1 Å². The van der Waals surface area contributed by atoms with Crippen LogP contribution in [0.2, 0.25) is 0 Å². The number of hydrogen-bond acceptors (Lipinski definition) is 5. The molecule has 1 atom stereocenters. The first-order valence-corrected chi connectivity index (χ1v) is 8.24.